The van der Waals surface area contributed by atoms with Crippen molar-refractivity contribution in [1.29, 1.82) is 5.26 Å². The summed E-state index contributed by atoms with van der Waals surface area (Å²) >= 11 is 3.03. The van der Waals surface area contributed by atoms with E-state index in [1.54, 1.807) is 31.3 Å². The van der Waals surface area contributed by atoms with Crippen LogP contribution in [0.5, 0.6) is 0 Å². The first-order valence-electron chi connectivity index (χ1n) is 12.9. The fraction of sp³-hybridized carbons (Fsp3) is 0.538. The molecule has 2 radical (unpaired) electrons. The molecule has 1 aromatic heterocycles. The highest BCUT2D eigenvalue weighted by molar-refractivity contribution is 8.03. The van der Waals surface area contributed by atoms with Gasteiger partial charge in [-0.1, -0.05) is 12.1 Å². The van der Waals surface area contributed by atoms with Crippen LogP contribution in [0.4, 0.5) is 4.39 Å². The lowest BCUT2D eigenvalue weighted by Gasteiger charge is -2.35. The molecule has 2 amide bonds. The van der Waals surface area contributed by atoms with Crippen LogP contribution in [0, 0.1) is 11.3 Å². The van der Waals surface area contributed by atoms with Crippen molar-refractivity contribution in [3.05, 3.63) is 52.3 Å². The van der Waals surface area contributed by atoms with Crippen LogP contribution < -0.4 is 11.1 Å². The fourth-order valence-electron chi connectivity index (χ4n) is 4.89. The zero-order chi connectivity index (χ0) is 30.6. The Balaban J connectivity index is 0.00000226. The maximum atomic E-state index is 13.6. The molecule has 15 heteroatoms. The van der Waals surface area contributed by atoms with Crippen LogP contribution in [-0.4, -0.2) is 84.1 Å². The van der Waals surface area contributed by atoms with E-state index in [2.05, 4.69) is 30.0 Å². The van der Waals surface area contributed by atoms with E-state index in [-0.39, 0.29) is 50.1 Å². The Morgan fingerprint density at radius 3 is 2.54 bits per heavy atom. The smallest absolute Gasteiger partial charge is 0.272 e. The first-order valence-corrected chi connectivity index (χ1v) is 14.9. The van der Waals surface area contributed by atoms with Gasteiger partial charge in [-0.2, -0.15) is 10.4 Å². The highest BCUT2D eigenvalue weighted by Gasteiger charge is 2.61. The van der Waals surface area contributed by atoms with Gasteiger partial charge in [0.15, 0.2) is 22.7 Å². The molecule has 0 saturated heterocycles. The van der Waals surface area contributed by atoms with Gasteiger partial charge < -0.3 is 20.7 Å². The lowest BCUT2D eigenvalue weighted by molar-refractivity contribution is -0.0386. The van der Waals surface area contributed by atoms with E-state index < -0.39 is 31.6 Å². The molecule has 1 atom stereocenters. The number of nitriles is 1. The molecule has 4 rings (SSSR count). The number of alkyl halides is 1. The molecule has 2 aliphatic rings. The van der Waals surface area contributed by atoms with E-state index in [9.17, 15) is 22.4 Å². The number of amides is 2. The summed E-state index contributed by atoms with van der Waals surface area (Å²) in [6.45, 7) is 2.73. The molecule has 2 aromatic rings. The Morgan fingerprint density at radius 1 is 1.34 bits per heavy atom. The Hall–Kier alpha value is -2.93. The summed E-state index contributed by atoms with van der Waals surface area (Å²) in [5.74, 6) is -0.816. The second-order valence-corrected chi connectivity index (χ2v) is 13.6. The molecule has 220 valence electrons. The molecule has 2 heterocycles. The molecule has 1 fully saturated rings. The van der Waals surface area contributed by atoms with Crippen molar-refractivity contribution in [2.75, 3.05) is 26.2 Å². The average molecular weight is 605 g/mol. The molecule has 3 N–H and O–H groups in total. The van der Waals surface area contributed by atoms with Crippen molar-refractivity contribution < 1.29 is 27.1 Å². The van der Waals surface area contributed by atoms with Crippen LogP contribution in [0.1, 0.15) is 64.4 Å². The van der Waals surface area contributed by atoms with Gasteiger partial charge in [0.1, 0.15) is 5.69 Å². The monoisotopic (exact) mass is 604 g/mol. The Bertz CT molecular complexity index is 1420. The van der Waals surface area contributed by atoms with Gasteiger partial charge in [0.05, 0.1) is 27.7 Å². The maximum absolute atomic E-state index is 13.6. The van der Waals surface area contributed by atoms with E-state index >= 15 is 0 Å². The van der Waals surface area contributed by atoms with Gasteiger partial charge in [0, 0.05) is 38.8 Å². The van der Waals surface area contributed by atoms with Gasteiger partial charge in [-0.15, -0.1) is 0 Å². The van der Waals surface area contributed by atoms with Crippen LogP contribution in [0.3, 0.4) is 0 Å². The number of hydrogen-bond acceptors (Lipinski definition) is 9. The number of benzene rings is 1. The fourth-order valence-corrected chi connectivity index (χ4v) is 7.25. The summed E-state index contributed by atoms with van der Waals surface area (Å²) in [5.41, 5.74) is 7.49. The van der Waals surface area contributed by atoms with Crippen molar-refractivity contribution >= 4 is 41.3 Å². The number of carbonyl (C=O) groups excluding carboxylic acids is 2. The molecular formula is C26H34BFN6O5S2. The normalized spacial score (nSPS) is 16.6. The highest BCUT2D eigenvalue weighted by Crippen LogP contribution is 2.49. The standard InChI is InChI=1S/C26H33FN6O5S.BHS/c1-25(2,16-38-20(27)13-29)39(36,37)26(9-10-26)15-33-11-8-19-21(31-32(3)22(19)24(33)35)23(34)30-14-18-6-4-17(12-28)5-7-18;1-2/h4-7,20H,8-11,13-16,29H2,1-3H3,(H,30,34);2H. The molecular weight excluding hydrogens is 570 g/mol. The maximum Gasteiger partial charge on any atom is 0.272 e. The van der Waals surface area contributed by atoms with Gasteiger partial charge in [0.25, 0.3) is 11.8 Å². The second kappa shape index (κ2) is 12.9. The third kappa shape index (κ3) is 6.61. The summed E-state index contributed by atoms with van der Waals surface area (Å²) in [5, 5.41) is 16.0. The zero-order valence-corrected chi connectivity index (χ0v) is 25.0. The minimum atomic E-state index is -3.82. The number of fused-ring (bicyclic) bond motifs is 1. The molecule has 11 nitrogen and oxygen atoms in total. The van der Waals surface area contributed by atoms with Crippen molar-refractivity contribution in [1.82, 2.24) is 20.0 Å². The number of nitrogens with zero attached hydrogens (tertiary/aromatic N) is 4. The quantitative estimate of drug-likeness (QED) is 0.255. The first-order chi connectivity index (χ1) is 19.4. The third-order valence-corrected chi connectivity index (χ3v) is 10.6. The molecule has 1 aromatic carbocycles. The van der Waals surface area contributed by atoms with Gasteiger partial charge in [-0.05, 0) is 50.8 Å². The minimum Gasteiger partial charge on any atom is -0.347 e. The Kier molecular flexibility index (Phi) is 10.3. The second-order valence-electron chi connectivity index (χ2n) is 10.7. The summed E-state index contributed by atoms with van der Waals surface area (Å²) in [7, 11) is 1.95. The van der Waals surface area contributed by atoms with Gasteiger partial charge in [-0.25, -0.2) is 25.3 Å². The van der Waals surface area contributed by atoms with Crippen LogP contribution in [-0.2, 0) is 34.6 Å². The number of thiol groups is 1. The molecule has 1 unspecified atom stereocenters. The third-order valence-electron chi connectivity index (χ3n) is 7.40. The summed E-state index contributed by atoms with van der Waals surface area (Å²) in [6.07, 6.45) is -0.631. The van der Waals surface area contributed by atoms with Crippen molar-refractivity contribution in [3.63, 3.8) is 0 Å². The van der Waals surface area contributed by atoms with Crippen molar-refractivity contribution in [3.8, 4) is 6.07 Å². The predicted molar refractivity (Wildman–Crippen MR) is 155 cm³/mol. The predicted octanol–water partition coefficient (Wildman–Crippen LogP) is 1.22. The number of rotatable bonds is 11. The number of nitrogens with one attached hydrogen (secondary N) is 1. The van der Waals surface area contributed by atoms with Crippen LogP contribution in [0.2, 0.25) is 0 Å². The Morgan fingerprint density at radius 2 is 1.98 bits per heavy atom. The molecule has 0 spiro atoms. The summed E-state index contributed by atoms with van der Waals surface area (Å²) in [4.78, 5) is 27.9. The minimum absolute atomic E-state index is 0.00161. The van der Waals surface area contributed by atoms with Gasteiger partial charge >= 0.3 is 0 Å². The Labute approximate surface area is 246 Å². The number of carbonyl (C=O) groups is 2. The van der Waals surface area contributed by atoms with E-state index in [4.69, 9.17) is 15.7 Å². The summed E-state index contributed by atoms with van der Waals surface area (Å²) < 4.78 is 44.6. The van der Waals surface area contributed by atoms with Crippen molar-refractivity contribution in [2.24, 2.45) is 12.8 Å². The molecule has 1 saturated carbocycles. The number of halogens is 1. The van der Waals surface area contributed by atoms with Crippen molar-refractivity contribution in [2.45, 2.75) is 55.5 Å². The van der Waals surface area contributed by atoms with Gasteiger partial charge in [-0.3, -0.25) is 14.3 Å². The van der Waals surface area contributed by atoms with Crippen LogP contribution >= 0.6 is 12.5 Å². The number of ether oxygens (including phenoxy) is 1. The summed E-state index contributed by atoms with van der Waals surface area (Å²) in [6, 6.07) is 8.86. The van der Waals surface area contributed by atoms with E-state index in [0.29, 0.717) is 30.4 Å². The molecule has 1 aliphatic heterocycles. The SMILES string of the molecule is Cn1nc(C(=O)NCc2ccc(C#N)cc2)c2c1C(=O)N(CC1(S(=O)(=O)C(C)(C)COC(F)CN)CC1)CC2.[B]S. The number of hydrogen-bond donors (Lipinski definition) is 3. The zero-order valence-electron chi connectivity index (χ0n) is 23.3. The molecule has 0 bridgehead atoms. The highest BCUT2D eigenvalue weighted by atomic mass is 32.2. The van der Waals surface area contributed by atoms with E-state index in [0.717, 1.165) is 5.56 Å². The topological polar surface area (TPSA) is 160 Å². The van der Waals surface area contributed by atoms with E-state index in [1.807, 2.05) is 6.07 Å². The lowest BCUT2D eigenvalue weighted by Crippen LogP contribution is -2.52. The number of aryl methyl sites for hydroxylation is 1. The van der Waals surface area contributed by atoms with Gasteiger partial charge in [0.2, 0.25) is 6.36 Å². The lowest BCUT2D eigenvalue weighted by atomic mass is 10.0. The van der Waals surface area contributed by atoms with E-state index in [1.165, 1.54) is 23.4 Å². The largest absolute Gasteiger partial charge is 0.347 e. The number of nitrogens with two attached hydrogens (primary N) is 1. The number of sulfone groups is 1. The average Bonchev–Trinajstić information content (AvgIpc) is 3.69. The van der Waals surface area contributed by atoms with Crippen LogP contribution in [0.15, 0.2) is 24.3 Å². The molecule has 1 aliphatic carbocycles. The number of aromatic nitrogens is 2. The molecule has 41 heavy (non-hydrogen) atoms. The van der Waals surface area contributed by atoms with Crippen LogP contribution in [0.25, 0.3) is 0 Å². The first kappa shape index (κ1) is 32.6.